The second kappa shape index (κ2) is 4.97. The molecule has 2 aromatic rings. The number of hydrogen-bond acceptors (Lipinski definition) is 7. The topological polar surface area (TPSA) is 77.6 Å². The van der Waals surface area contributed by atoms with Gasteiger partial charge in [-0.15, -0.1) is 10.2 Å². The second-order valence-corrected chi connectivity index (χ2v) is 5.92. The summed E-state index contributed by atoms with van der Waals surface area (Å²) in [5.41, 5.74) is 6.76. The van der Waals surface area contributed by atoms with E-state index in [-0.39, 0.29) is 0 Å². The molecule has 0 unspecified atom stereocenters. The Morgan fingerprint density at radius 2 is 2.00 bits per heavy atom. The molecular formula is C10H13N5S2. The van der Waals surface area contributed by atoms with Crippen molar-refractivity contribution in [3.05, 3.63) is 16.4 Å². The number of anilines is 1. The quantitative estimate of drug-likeness (QED) is 0.859. The summed E-state index contributed by atoms with van der Waals surface area (Å²) in [5, 5.41) is 9.86. The predicted octanol–water partition coefficient (Wildman–Crippen LogP) is 2.24. The van der Waals surface area contributed by atoms with Gasteiger partial charge in [0, 0.05) is 12.0 Å². The molecule has 0 atom stereocenters. The predicted molar refractivity (Wildman–Crippen MR) is 69.3 cm³/mol. The van der Waals surface area contributed by atoms with Crippen molar-refractivity contribution in [2.24, 2.45) is 0 Å². The summed E-state index contributed by atoms with van der Waals surface area (Å²) in [4.78, 5) is 8.69. The van der Waals surface area contributed by atoms with Crippen LogP contribution in [0.4, 0.5) is 5.82 Å². The first-order chi connectivity index (χ1) is 8.10. The van der Waals surface area contributed by atoms with E-state index in [4.69, 9.17) is 5.73 Å². The Labute approximate surface area is 108 Å². The molecule has 2 aromatic heterocycles. The summed E-state index contributed by atoms with van der Waals surface area (Å²) in [7, 11) is 0. The van der Waals surface area contributed by atoms with Gasteiger partial charge >= 0.3 is 0 Å². The molecule has 0 bridgehead atoms. The summed E-state index contributed by atoms with van der Waals surface area (Å²) < 4.78 is 0.880. The molecule has 90 valence electrons. The van der Waals surface area contributed by atoms with Crippen LogP contribution in [0.15, 0.2) is 9.37 Å². The molecule has 0 aliphatic rings. The van der Waals surface area contributed by atoms with Crippen molar-refractivity contribution in [1.82, 2.24) is 20.2 Å². The summed E-state index contributed by atoms with van der Waals surface area (Å²) in [6.45, 7) is 5.86. The minimum absolute atomic E-state index is 0.542. The number of aryl methyl sites for hydroxylation is 2. The molecule has 2 N–H and O–H groups in total. The molecule has 17 heavy (non-hydrogen) atoms. The average molecular weight is 267 g/mol. The molecule has 7 heteroatoms. The van der Waals surface area contributed by atoms with Gasteiger partial charge in [-0.1, -0.05) is 18.3 Å². The van der Waals surface area contributed by atoms with E-state index in [1.165, 1.54) is 11.8 Å². The Bertz CT molecular complexity index is 537. The van der Waals surface area contributed by atoms with Crippen LogP contribution < -0.4 is 5.73 Å². The molecule has 0 aromatic carbocycles. The third kappa shape index (κ3) is 2.73. The van der Waals surface area contributed by atoms with Crippen molar-refractivity contribution in [2.45, 2.75) is 36.6 Å². The minimum atomic E-state index is 0.542. The molecule has 2 heterocycles. The van der Waals surface area contributed by atoms with Gasteiger partial charge in [0.1, 0.15) is 21.7 Å². The first-order valence-electron chi connectivity index (χ1n) is 5.21. The maximum Gasteiger partial charge on any atom is 0.180 e. The fraction of sp³-hybridized carbons (Fsp3) is 0.400. The van der Waals surface area contributed by atoms with Crippen LogP contribution in [0.1, 0.15) is 23.3 Å². The second-order valence-electron chi connectivity index (χ2n) is 3.50. The largest absolute Gasteiger partial charge is 0.383 e. The lowest BCUT2D eigenvalue weighted by Crippen LogP contribution is -2.03. The van der Waals surface area contributed by atoms with Gasteiger partial charge in [0.15, 0.2) is 4.34 Å². The average Bonchev–Trinajstić information content (AvgIpc) is 2.70. The summed E-state index contributed by atoms with van der Waals surface area (Å²) in [5.74, 6) is 1.30. The Kier molecular flexibility index (Phi) is 3.58. The first kappa shape index (κ1) is 12.3. The van der Waals surface area contributed by atoms with Crippen LogP contribution in [0.5, 0.6) is 0 Å². The van der Waals surface area contributed by atoms with Crippen molar-refractivity contribution in [2.75, 3.05) is 5.73 Å². The van der Waals surface area contributed by atoms with Gasteiger partial charge in [0.2, 0.25) is 0 Å². The Morgan fingerprint density at radius 3 is 2.59 bits per heavy atom. The van der Waals surface area contributed by atoms with E-state index < -0.39 is 0 Å². The fourth-order valence-electron chi connectivity index (χ4n) is 1.22. The van der Waals surface area contributed by atoms with Crippen LogP contribution in [-0.2, 0) is 6.42 Å². The summed E-state index contributed by atoms with van der Waals surface area (Å²) in [6, 6.07) is 0. The minimum Gasteiger partial charge on any atom is -0.383 e. The zero-order chi connectivity index (χ0) is 12.4. The van der Waals surface area contributed by atoms with Crippen LogP contribution in [0.3, 0.4) is 0 Å². The van der Waals surface area contributed by atoms with Gasteiger partial charge < -0.3 is 5.73 Å². The number of nitrogen functional groups attached to an aromatic ring is 1. The molecule has 0 aliphatic carbocycles. The molecule has 2 rings (SSSR count). The molecule has 0 aliphatic heterocycles. The van der Waals surface area contributed by atoms with Crippen molar-refractivity contribution in [3.8, 4) is 0 Å². The van der Waals surface area contributed by atoms with E-state index in [0.29, 0.717) is 5.82 Å². The smallest absolute Gasteiger partial charge is 0.180 e. The number of aromatic nitrogens is 4. The summed E-state index contributed by atoms with van der Waals surface area (Å²) in [6.07, 6.45) is 0.771. The third-order valence-electron chi connectivity index (χ3n) is 2.19. The number of rotatable bonds is 3. The summed E-state index contributed by atoms with van der Waals surface area (Å²) >= 11 is 3.04. The maximum atomic E-state index is 5.86. The molecule has 5 nitrogen and oxygen atoms in total. The van der Waals surface area contributed by atoms with Crippen molar-refractivity contribution in [3.63, 3.8) is 0 Å². The van der Waals surface area contributed by atoms with Crippen molar-refractivity contribution < 1.29 is 0 Å². The highest BCUT2D eigenvalue weighted by Gasteiger charge is 2.11. The van der Waals surface area contributed by atoms with Gasteiger partial charge in [-0.25, -0.2) is 9.97 Å². The van der Waals surface area contributed by atoms with Crippen LogP contribution in [0.2, 0.25) is 0 Å². The molecule has 0 spiro atoms. The van der Waals surface area contributed by atoms with Crippen LogP contribution in [0.25, 0.3) is 0 Å². The number of nitrogens with zero attached hydrogens (tertiary/aromatic N) is 4. The lowest BCUT2D eigenvalue weighted by atomic mass is 10.3. The third-order valence-corrected chi connectivity index (χ3v) is 4.17. The van der Waals surface area contributed by atoms with Crippen LogP contribution >= 0.6 is 23.1 Å². The number of hydrogen-bond donors (Lipinski definition) is 1. The SMILES string of the molecule is CCc1nc(N)c(C)c(Sc2nnc(C)s2)n1. The van der Waals surface area contributed by atoms with Gasteiger partial charge in [0.05, 0.1) is 0 Å². The zero-order valence-electron chi connectivity index (χ0n) is 9.89. The van der Waals surface area contributed by atoms with E-state index in [0.717, 1.165) is 32.2 Å². The fourth-order valence-corrected chi connectivity index (χ4v) is 3.06. The van der Waals surface area contributed by atoms with E-state index >= 15 is 0 Å². The molecule has 0 fully saturated rings. The molecule has 0 radical (unpaired) electrons. The lowest BCUT2D eigenvalue weighted by molar-refractivity contribution is 0.876. The molecule has 0 saturated heterocycles. The number of nitrogens with two attached hydrogens (primary N) is 1. The first-order valence-corrected chi connectivity index (χ1v) is 6.84. The van der Waals surface area contributed by atoms with E-state index in [9.17, 15) is 0 Å². The highest BCUT2D eigenvalue weighted by Crippen LogP contribution is 2.32. The van der Waals surface area contributed by atoms with E-state index in [1.54, 1.807) is 11.3 Å². The molecular weight excluding hydrogens is 254 g/mol. The van der Waals surface area contributed by atoms with E-state index in [2.05, 4.69) is 20.2 Å². The zero-order valence-corrected chi connectivity index (χ0v) is 11.5. The van der Waals surface area contributed by atoms with Gasteiger partial charge in [-0.05, 0) is 25.6 Å². The van der Waals surface area contributed by atoms with Gasteiger partial charge in [-0.2, -0.15) is 0 Å². The van der Waals surface area contributed by atoms with Crippen LogP contribution in [-0.4, -0.2) is 20.2 Å². The highest BCUT2D eigenvalue weighted by atomic mass is 32.2. The Morgan fingerprint density at radius 1 is 1.24 bits per heavy atom. The lowest BCUT2D eigenvalue weighted by Gasteiger charge is -2.06. The van der Waals surface area contributed by atoms with Gasteiger partial charge in [0.25, 0.3) is 0 Å². The normalized spacial score (nSPS) is 10.8. The standard InChI is InChI=1S/C10H13N5S2/c1-4-7-12-8(11)5(2)9(13-7)17-10-15-14-6(3)16-10/h4H2,1-3H3,(H2,11,12,13). The maximum absolute atomic E-state index is 5.86. The molecule has 0 amide bonds. The van der Waals surface area contributed by atoms with Crippen LogP contribution in [0, 0.1) is 13.8 Å². The Hall–Kier alpha value is -1.21. The highest BCUT2D eigenvalue weighted by molar-refractivity contribution is 8.01. The Balaban J connectivity index is 2.34. The van der Waals surface area contributed by atoms with E-state index in [1.807, 2.05) is 20.8 Å². The molecule has 0 saturated carbocycles. The van der Waals surface area contributed by atoms with Crippen molar-refractivity contribution >= 4 is 28.9 Å². The van der Waals surface area contributed by atoms with Crippen molar-refractivity contribution in [1.29, 1.82) is 0 Å². The monoisotopic (exact) mass is 267 g/mol. The van der Waals surface area contributed by atoms with Gasteiger partial charge in [-0.3, -0.25) is 0 Å².